The van der Waals surface area contributed by atoms with Crippen molar-refractivity contribution >= 4 is 17.9 Å². The third kappa shape index (κ3) is 6.22. The molecule has 174 valence electrons. The van der Waals surface area contributed by atoms with Crippen LogP contribution in [0.1, 0.15) is 30.4 Å². The molecule has 2 heterocycles. The molecule has 0 aliphatic carbocycles. The summed E-state index contributed by atoms with van der Waals surface area (Å²) >= 11 is 0. The van der Waals surface area contributed by atoms with E-state index in [1.54, 1.807) is 4.90 Å². The fraction of sp³-hybridized carbons (Fsp3) is 0.360. The molecule has 1 saturated heterocycles. The van der Waals surface area contributed by atoms with Crippen LogP contribution in [-0.2, 0) is 12.7 Å². The van der Waals surface area contributed by atoms with Gasteiger partial charge >= 0.3 is 12.2 Å². The Morgan fingerprint density at radius 3 is 2.52 bits per heavy atom. The van der Waals surface area contributed by atoms with E-state index >= 15 is 0 Å². The van der Waals surface area contributed by atoms with Gasteiger partial charge in [-0.2, -0.15) is 13.2 Å². The van der Waals surface area contributed by atoms with Gasteiger partial charge in [0, 0.05) is 50.5 Å². The van der Waals surface area contributed by atoms with Gasteiger partial charge in [0.1, 0.15) is 0 Å². The number of anilines is 1. The second kappa shape index (κ2) is 10.2. The highest BCUT2D eigenvalue weighted by atomic mass is 19.4. The topological polar surface area (TPSA) is 47.9 Å². The third-order valence-corrected chi connectivity index (χ3v) is 6.00. The second-order valence-corrected chi connectivity index (χ2v) is 8.37. The molecule has 5 nitrogen and oxygen atoms in total. The molecule has 8 heteroatoms. The highest BCUT2D eigenvalue weighted by Crippen LogP contribution is 2.31. The fourth-order valence-corrected chi connectivity index (χ4v) is 4.25. The Morgan fingerprint density at radius 2 is 1.85 bits per heavy atom. The van der Waals surface area contributed by atoms with Crippen LogP contribution in [0.25, 0.3) is 0 Å². The molecule has 0 spiro atoms. The Hall–Kier alpha value is -3.13. The molecule has 1 N–H and O–H groups in total. The lowest BCUT2D eigenvalue weighted by atomic mass is 10.0. The van der Waals surface area contributed by atoms with E-state index in [4.69, 9.17) is 0 Å². The van der Waals surface area contributed by atoms with E-state index in [0.717, 1.165) is 62.3 Å². The van der Waals surface area contributed by atoms with Crippen molar-refractivity contribution in [1.29, 1.82) is 0 Å². The van der Waals surface area contributed by atoms with Crippen LogP contribution < -0.4 is 5.32 Å². The van der Waals surface area contributed by atoms with E-state index in [-0.39, 0.29) is 17.8 Å². The minimum atomic E-state index is -4.46. The molecule has 0 atom stereocenters. The van der Waals surface area contributed by atoms with E-state index in [0.29, 0.717) is 6.54 Å². The molecule has 0 radical (unpaired) electrons. The van der Waals surface area contributed by atoms with Crippen LogP contribution in [0.15, 0.2) is 71.4 Å². The molecular weight excluding hydrogens is 429 g/mol. The molecule has 2 aliphatic heterocycles. The number of benzene rings is 2. The molecule has 2 aromatic carbocycles. The summed E-state index contributed by atoms with van der Waals surface area (Å²) in [5, 5.41) is 2.69. The number of nitrogens with zero attached hydrogens (tertiary/aromatic N) is 3. The molecular formula is C25H27F3N4O. The fourth-order valence-electron chi connectivity index (χ4n) is 4.25. The standard InChI is InChI=1S/C25H27F3N4O/c26-25(27,28)20-8-4-9-21(16-20)30-24(33)32(17-19-6-2-1-3-7-19)23-11-14-31(15-12-23)18-22-10-5-13-29-22/h1-4,6-10,13,16,23H,5,11-12,14-15,17-18H2,(H,30,33). The normalized spacial score (nSPS) is 17.1. The van der Waals surface area contributed by atoms with Crippen molar-refractivity contribution in [2.75, 3.05) is 25.0 Å². The van der Waals surface area contributed by atoms with Crippen molar-refractivity contribution in [2.45, 2.75) is 38.0 Å². The molecule has 1 fully saturated rings. The quantitative estimate of drug-likeness (QED) is 0.619. The highest BCUT2D eigenvalue weighted by Gasteiger charge is 2.31. The summed E-state index contributed by atoms with van der Waals surface area (Å²) in [6, 6.07) is 14.0. The predicted molar refractivity (Wildman–Crippen MR) is 123 cm³/mol. The third-order valence-electron chi connectivity index (χ3n) is 6.00. The first-order valence-electron chi connectivity index (χ1n) is 11.1. The summed E-state index contributed by atoms with van der Waals surface area (Å²) in [6.45, 7) is 2.86. The Bertz CT molecular complexity index is 1010. The van der Waals surface area contributed by atoms with Gasteiger partial charge in [-0.3, -0.25) is 9.89 Å². The van der Waals surface area contributed by atoms with Gasteiger partial charge < -0.3 is 10.2 Å². The minimum absolute atomic E-state index is 0.00619. The number of likely N-dealkylation sites (tertiary alicyclic amines) is 1. The van der Waals surface area contributed by atoms with Crippen LogP contribution in [-0.4, -0.2) is 47.7 Å². The van der Waals surface area contributed by atoms with Crippen molar-refractivity contribution < 1.29 is 18.0 Å². The van der Waals surface area contributed by atoms with Gasteiger partial charge in [0.2, 0.25) is 0 Å². The van der Waals surface area contributed by atoms with Gasteiger partial charge in [-0.25, -0.2) is 4.79 Å². The summed E-state index contributed by atoms with van der Waals surface area (Å²) < 4.78 is 39.3. The molecule has 0 unspecified atom stereocenters. The number of nitrogens with one attached hydrogen (secondary N) is 1. The lowest BCUT2D eigenvalue weighted by Gasteiger charge is -2.38. The Morgan fingerprint density at radius 1 is 1.09 bits per heavy atom. The van der Waals surface area contributed by atoms with Gasteiger partial charge in [-0.05, 0) is 36.6 Å². The summed E-state index contributed by atoms with van der Waals surface area (Å²) in [6.07, 6.45) is 2.03. The van der Waals surface area contributed by atoms with Gasteiger partial charge in [-0.15, -0.1) is 0 Å². The number of rotatable bonds is 6. The van der Waals surface area contributed by atoms with Crippen molar-refractivity contribution in [3.05, 3.63) is 77.5 Å². The van der Waals surface area contributed by atoms with Crippen molar-refractivity contribution in [3.8, 4) is 0 Å². The van der Waals surface area contributed by atoms with Gasteiger partial charge in [0.05, 0.1) is 11.3 Å². The van der Waals surface area contributed by atoms with Crippen LogP contribution in [0.5, 0.6) is 0 Å². The zero-order chi connectivity index (χ0) is 23.3. The van der Waals surface area contributed by atoms with Crippen LogP contribution in [0, 0.1) is 0 Å². The maximum atomic E-state index is 13.2. The van der Waals surface area contributed by atoms with Crippen molar-refractivity contribution in [2.24, 2.45) is 4.99 Å². The van der Waals surface area contributed by atoms with E-state index in [1.807, 2.05) is 36.5 Å². The number of halogens is 3. The summed E-state index contributed by atoms with van der Waals surface area (Å²) in [5.41, 5.74) is 1.41. The number of urea groups is 1. The van der Waals surface area contributed by atoms with E-state index in [9.17, 15) is 18.0 Å². The largest absolute Gasteiger partial charge is 0.416 e. The predicted octanol–water partition coefficient (Wildman–Crippen LogP) is 5.56. The number of carbonyl (C=O) groups is 1. The smallest absolute Gasteiger partial charge is 0.317 e. The van der Waals surface area contributed by atoms with E-state index in [2.05, 4.69) is 21.3 Å². The minimum Gasteiger partial charge on any atom is -0.317 e. The van der Waals surface area contributed by atoms with Gasteiger partial charge in [-0.1, -0.05) is 42.5 Å². The Balaban J connectivity index is 1.45. The van der Waals surface area contributed by atoms with Gasteiger partial charge in [0.25, 0.3) is 0 Å². The number of carbonyl (C=O) groups excluding carboxylic acids is 1. The van der Waals surface area contributed by atoms with Crippen LogP contribution in [0.3, 0.4) is 0 Å². The summed E-state index contributed by atoms with van der Waals surface area (Å²) in [5.74, 6) is 0. The lowest BCUT2D eigenvalue weighted by Crippen LogP contribution is -2.48. The number of aliphatic imine (C=N–C) groups is 1. The second-order valence-electron chi connectivity index (χ2n) is 8.37. The number of piperidine rings is 1. The first kappa shape index (κ1) is 23.0. The zero-order valence-electron chi connectivity index (χ0n) is 18.3. The Labute approximate surface area is 191 Å². The first-order valence-corrected chi connectivity index (χ1v) is 11.1. The molecule has 33 heavy (non-hydrogen) atoms. The number of hydrogen-bond donors (Lipinski definition) is 1. The van der Waals surface area contributed by atoms with Crippen LogP contribution in [0.2, 0.25) is 0 Å². The molecule has 2 aliphatic rings. The van der Waals surface area contributed by atoms with Crippen molar-refractivity contribution in [3.63, 3.8) is 0 Å². The molecule has 0 bridgehead atoms. The summed E-state index contributed by atoms with van der Waals surface area (Å²) in [4.78, 5) is 21.7. The molecule has 0 aromatic heterocycles. The number of alkyl halides is 3. The molecule has 0 saturated carbocycles. The maximum Gasteiger partial charge on any atom is 0.416 e. The lowest BCUT2D eigenvalue weighted by molar-refractivity contribution is -0.137. The number of amides is 2. The SMILES string of the molecule is O=C(Nc1cccc(C(F)(F)F)c1)N(Cc1ccccc1)C1CCN(CC2=CCC=N2)CC1. The maximum absolute atomic E-state index is 13.2. The average molecular weight is 457 g/mol. The van der Waals surface area contributed by atoms with E-state index < -0.39 is 11.7 Å². The molecule has 2 amide bonds. The zero-order valence-corrected chi connectivity index (χ0v) is 18.3. The van der Waals surface area contributed by atoms with Crippen LogP contribution in [0.4, 0.5) is 23.7 Å². The molecule has 2 aromatic rings. The van der Waals surface area contributed by atoms with Crippen LogP contribution >= 0.6 is 0 Å². The monoisotopic (exact) mass is 456 g/mol. The highest BCUT2D eigenvalue weighted by molar-refractivity contribution is 5.89. The number of hydrogen-bond acceptors (Lipinski definition) is 3. The Kier molecular flexibility index (Phi) is 7.13. The number of allylic oxidation sites excluding steroid dienone is 1. The average Bonchev–Trinajstić information content (AvgIpc) is 3.31. The van der Waals surface area contributed by atoms with E-state index in [1.165, 1.54) is 12.1 Å². The van der Waals surface area contributed by atoms with Gasteiger partial charge in [0.15, 0.2) is 0 Å². The summed E-state index contributed by atoms with van der Waals surface area (Å²) in [7, 11) is 0. The first-order chi connectivity index (χ1) is 15.9. The molecule has 4 rings (SSSR count). The van der Waals surface area contributed by atoms with Crippen molar-refractivity contribution in [1.82, 2.24) is 9.80 Å².